The number of hydrogen-bond donors (Lipinski definition) is 0. The van der Waals surface area contributed by atoms with Gasteiger partial charge >= 0.3 is 11.9 Å². The molecule has 0 saturated heterocycles. The van der Waals surface area contributed by atoms with Crippen LogP contribution in [0.4, 0.5) is 0 Å². The smallest absolute Gasteiger partial charge is 0.338 e. The van der Waals surface area contributed by atoms with Crippen LogP contribution in [-0.4, -0.2) is 24.1 Å². The highest BCUT2D eigenvalue weighted by molar-refractivity contribution is 5.90. The fourth-order valence-electron chi connectivity index (χ4n) is 2.04. The average molecular weight is 326 g/mol. The molecule has 0 amide bonds. The van der Waals surface area contributed by atoms with Gasteiger partial charge in [-0.05, 0) is 52.0 Å². The Balaban J connectivity index is 1.92. The molecule has 2 unspecified atom stereocenters. The molecule has 2 rings (SSSR count). The van der Waals surface area contributed by atoms with E-state index < -0.39 is 24.1 Å². The Hall–Kier alpha value is -2.62. The Morgan fingerprint density at radius 1 is 0.667 bits per heavy atom. The van der Waals surface area contributed by atoms with Gasteiger partial charge in [0, 0.05) is 0 Å². The van der Waals surface area contributed by atoms with Crippen LogP contribution < -0.4 is 0 Å². The monoisotopic (exact) mass is 326 g/mol. The van der Waals surface area contributed by atoms with Crippen LogP contribution in [0.1, 0.15) is 45.7 Å². The molecule has 0 bridgehead atoms. The molecule has 0 saturated carbocycles. The molecule has 126 valence electrons. The summed E-state index contributed by atoms with van der Waals surface area (Å²) in [5.74, 6) is -0.860. The largest absolute Gasteiger partial charge is 0.455 e. The molecule has 4 nitrogen and oxygen atoms in total. The van der Waals surface area contributed by atoms with Crippen LogP contribution >= 0.6 is 0 Å². The van der Waals surface area contributed by atoms with Crippen LogP contribution in [0.3, 0.4) is 0 Å². The van der Waals surface area contributed by atoms with Gasteiger partial charge in [0.1, 0.15) is 12.2 Å². The van der Waals surface area contributed by atoms with Crippen molar-refractivity contribution in [2.75, 3.05) is 0 Å². The molecular formula is C20H22O4. The fraction of sp³-hybridized carbons (Fsp3) is 0.300. The molecule has 0 aliphatic rings. The van der Waals surface area contributed by atoms with E-state index in [0.717, 1.165) is 11.1 Å². The second kappa shape index (κ2) is 7.77. The number of hydrogen-bond acceptors (Lipinski definition) is 4. The molecule has 0 spiro atoms. The van der Waals surface area contributed by atoms with Crippen LogP contribution in [0.2, 0.25) is 0 Å². The van der Waals surface area contributed by atoms with Gasteiger partial charge in [-0.25, -0.2) is 9.59 Å². The van der Waals surface area contributed by atoms with Gasteiger partial charge in [0.2, 0.25) is 0 Å². The fourth-order valence-corrected chi connectivity index (χ4v) is 2.04. The predicted molar refractivity (Wildman–Crippen MR) is 92.1 cm³/mol. The maximum absolute atomic E-state index is 12.1. The van der Waals surface area contributed by atoms with Crippen molar-refractivity contribution in [2.45, 2.75) is 39.9 Å². The van der Waals surface area contributed by atoms with E-state index in [2.05, 4.69) is 0 Å². The normalized spacial score (nSPS) is 13.0. The molecular weight excluding hydrogens is 304 g/mol. The second-order valence-electron chi connectivity index (χ2n) is 5.95. The summed E-state index contributed by atoms with van der Waals surface area (Å²) < 4.78 is 10.8. The SMILES string of the molecule is Cc1ccc(C(=O)OC(C)C(C)OC(=O)c2ccc(C)cc2)cc1. The molecule has 24 heavy (non-hydrogen) atoms. The van der Waals surface area contributed by atoms with Gasteiger partial charge in [-0.3, -0.25) is 0 Å². The Labute approximate surface area is 142 Å². The molecule has 4 heteroatoms. The van der Waals surface area contributed by atoms with E-state index in [-0.39, 0.29) is 0 Å². The first-order chi connectivity index (χ1) is 11.4. The first-order valence-corrected chi connectivity index (χ1v) is 7.92. The van der Waals surface area contributed by atoms with Gasteiger partial charge in [-0.15, -0.1) is 0 Å². The summed E-state index contributed by atoms with van der Waals surface area (Å²) >= 11 is 0. The lowest BCUT2D eigenvalue weighted by Crippen LogP contribution is -2.30. The lowest BCUT2D eigenvalue weighted by molar-refractivity contribution is -0.0239. The Bertz CT molecular complexity index is 638. The summed E-state index contributed by atoms with van der Waals surface area (Å²) in [5.41, 5.74) is 3.09. The average Bonchev–Trinajstić information content (AvgIpc) is 2.55. The van der Waals surface area contributed by atoms with Gasteiger partial charge in [-0.1, -0.05) is 35.4 Å². The summed E-state index contributed by atoms with van der Waals surface area (Å²) in [6.45, 7) is 7.31. The molecule has 2 aromatic carbocycles. The van der Waals surface area contributed by atoms with E-state index in [9.17, 15) is 9.59 Å². The molecule has 0 radical (unpaired) electrons. The summed E-state index contributed by atoms with van der Waals surface area (Å²) in [6, 6.07) is 14.3. The van der Waals surface area contributed by atoms with Crippen LogP contribution in [0.15, 0.2) is 48.5 Å². The summed E-state index contributed by atoms with van der Waals surface area (Å²) in [4.78, 5) is 24.2. The molecule has 0 aliphatic heterocycles. The third-order valence-corrected chi connectivity index (χ3v) is 3.82. The summed E-state index contributed by atoms with van der Waals surface area (Å²) in [7, 11) is 0. The highest BCUT2D eigenvalue weighted by Gasteiger charge is 2.22. The van der Waals surface area contributed by atoms with Crippen LogP contribution in [0.5, 0.6) is 0 Å². The Morgan fingerprint density at radius 2 is 0.958 bits per heavy atom. The van der Waals surface area contributed by atoms with Crippen molar-refractivity contribution >= 4 is 11.9 Å². The van der Waals surface area contributed by atoms with E-state index in [0.29, 0.717) is 11.1 Å². The standard InChI is InChI=1S/C20H22O4/c1-13-5-9-17(10-6-13)19(21)23-15(3)16(4)24-20(22)18-11-7-14(2)8-12-18/h5-12,15-16H,1-4H3. The van der Waals surface area contributed by atoms with Crippen molar-refractivity contribution in [3.8, 4) is 0 Å². The number of ether oxygens (including phenoxy) is 2. The van der Waals surface area contributed by atoms with Crippen LogP contribution in [0.25, 0.3) is 0 Å². The van der Waals surface area contributed by atoms with E-state index in [1.165, 1.54) is 0 Å². The minimum Gasteiger partial charge on any atom is -0.455 e. The highest BCUT2D eigenvalue weighted by Crippen LogP contribution is 2.12. The maximum atomic E-state index is 12.1. The van der Waals surface area contributed by atoms with Crippen molar-refractivity contribution in [1.82, 2.24) is 0 Å². The van der Waals surface area contributed by atoms with Crippen molar-refractivity contribution in [3.05, 3.63) is 70.8 Å². The predicted octanol–water partition coefficient (Wildman–Crippen LogP) is 4.09. The zero-order chi connectivity index (χ0) is 17.7. The van der Waals surface area contributed by atoms with Gasteiger partial charge in [0.15, 0.2) is 0 Å². The maximum Gasteiger partial charge on any atom is 0.338 e. The van der Waals surface area contributed by atoms with E-state index in [1.54, 1.807) is 38.1 Å². The molecule has 0 aliphatic carbocycles. The number of carbonyl (C=O) groups excluding carboxylic acids is 2. The Kier molecular flexibility index (Phi) is 5.74. The van der Waals surface area contributed by atoms with Crippen LogP contribution in [-0.2, 0) is 9.47 Å². The molecule has 0 aromatic heterocycles. The van der Waals surface area contributed by atoms with Gasteiger partial charge in [-0.2, -0.15) is 0 Å². The summed E-state index contributed by atoms with van der Waals surface area (Å²) in [6.07, 6.45) is -1.10. The third-order valence-electron chi connectivity index (χ3n) is 3.82. The van der Waals surface area contributed by atoms with E-state index >= 15 is 0 Å². The van der Waals surface area contributed by atoms with Crippen molar-refractivity contribution in [2.24, 2.45) is 0 Å². The zero-order valence-corrected chi connectivity index (χ0v) is 14.4. The summed E-state index contributed by atoms with van der Waals surface area (Å²) in [5, 5.41) is 0. The van der Waals surface area contributed by atoms with Gasteiger partial charge < -0.3 is 9.47 Å². The lowest BCUT2D eigenvalue weighted by Gasteiger charge is -2.21. The lowest BCUT2D eigenvalue weighted by atomic mass is 10.1. The quantitative estimate of drug-likeness (QED) is 0.776. The number of benzene rings is 2. The molecule has 2 atom stereocenters. The molecule has 0 N–H and O–H groups in total. The zero-order valence-electron chi connectivity index (χ0n) is 14.4. The number of aryl methyl sites for hydroxylation is 2. The van der Waals surface area contributed by atoms with Gasteiger partial charge in [0.05, 0.1) is 11.1 Å². The Morgan fingerprint density at radius 3 is 1.25 bits per heavy atom. The van der Waals surface area contributed by atoms with Gasteiger partial charge in [0.25, 0.3) is 0 Å². The minimum atomic E-state index is -0.548. The first kappa shape index (κ1) is 17.7. The molecule has 0 heterocycles. The topological polar surface area (TPSA) is 52.6 Å². The minimum absolute atomic E-state index is 0.430. The number of rotatable bonds is 5. The number of esters is 2. The third kappa shape index (κ3) is 4.69. The number of carbonyl (C=O) groups is 2. The molecule has 0 fully saturated rings. The van der Waals surface area contributed by atoms with Crippen molar-refractivity contribution in [1.29, 1.82) is 0 Å². The first-order valence-electron chi connectivity index (χ1n) is 7.92. The van der Waals surface area contributed by atoms with E-state index in [1.807, 2.05) is 38.1 Å². The van der Waals surface area contributed by atoms with Crippen molar-refractivity contribution < 1.29 is 19.1 Å². The van der Waals surface area contributed by atoms with Crippen molar-refractivity contribution in [3.63, 3.8) is 0 Å². The molecule has 2 aromatic rings. The highest BCUT2D eigenvalue weighted by atomic mass is 16.6. The van der Waals surface area contributed by atoms with Crippen LogP contribution in [0, 0.1) is 13.8 Å². The van der Waals surface area contributed by atoms with E-state index in [4.69, 9.17) is 9.47 Å². The second-order valence-corrected chi connectivity index (χ2v) is 5.95.